The van der Waals surface area contributed by atoms with Gasteiger partial charge in [-0.2, -0.15) is 0 Å². The minimum atomic E-state index is -1.09. The third-order valence-electron chi connectivity index (χ3n) is 8.35. The second kappa shape index (κ2) is 12.1. The molecule has 4 aromatic rings. The fraction of sp³-hybridized carbons (Fsp3) is 0.265. The fourth-order valence-corrected chi connectivity index (χ4v) is 5.71. The molecular formula is C34H36N4O5. The highest BCUT2D eigenvalue weighted by molar-refractivity contribution is 6.08. The molecular weight excluding hydrogens is 544 g/mol. The van der Waals surface area contributed by atoms with Crippen LogP contribution in [-0.2, 0) is 26.4 Å². The number of fused-ring (bicyclic) bond motifs is 1. The van der Waals surface area contributed by atoms with E-state index in [4.69, 9.17) is 5.11 Å². The summed E-state index contributed by atoms with van der Waals surface area (Å²) in [6.07, 6.45) is 0.118. The number of hydrogen-bond donors (Lipinski definition) is 3. The van der Waals surface area contributed by atoms with E-state index in [1.165, 1.54) is 22.6 Å². The lowest BCUT2D eigenvalue weighted by Gasteiger charge is -2.35. The van der Waals surface area contributed by atoms with Crippen molar-refractivity contribution in [3.63, 3.8) is 0 Å². The Bertz CT molecular complexity index is 1690. The minimum absolute atomic E-state index is 0.000869. The SMILES string of the molecule is Cc1c(C(=O)N(C)c2ccc(O)cc2)cc(-c2cc(CCNC(=O)O)ccc2C(=O)N2Cc3ccccc3C[C@H]2C)n1C. The Kier molecular flexibility index (Phi) is 8.25. The Balaban J connectivity index is 1.54. The number of phenols is 1. The highest BCUT2D eigenvalue weighted by Gasteiger charge is 2.30. The van der Waals surface area contributed by atoms with Gasteiger partial charge in [0, 0.05) is 61.4 Å². The van der Waals surface area contributed by atoms with Crippen LogP contribution < -0.4 is 10.2 Å². The van der Waals surface area contributed by atoms with Gasteiger partial charge >= 0.3 is 6.09 Å². The molecule has 222 valence electrons. The maximum atomic E-state index is 14.2. The molecule has 3 aromatic carbocycles. The number of carbonyl (C=O) groups excluding carboxylic acids is 2. The van der Waals surface area contributed by atoms with Crippen LogP contribution in [0.3, 0.4) is 0 Å². The number of nitrogens with one attached hydrogen (secondary N) is 1. The maximum Gasteiger partial charge on any atom is 0.404 e. The first-order valence-corrected chi connectivity index (χ1v) is 14.3. The van der Waals surface area contributed by atoms with Crippen LogP contribution in [-0.4, -0.2) is 57.2 Å². The van der Waals surface area contributed by atoms with Crippen molar-refractivity contribution in [2.45, 2.75) is 39.3 Å². The first kappa shape index (κ1) is 29.4. The summed E-state index contributed by atoms with van der Waals surface area (Å²) in [5.74, 6) is -0.203. The van der Waals surface area contributed by atoms with Gasteiger partial charge in [-0.05, 0) is 85.8 Å². The minimum Gasteiger partial charge on any atom is -0.508 e. The first-order valence-electron chi connectivity index (χ1n) is 14.3. The molecule has 1 atom stereocenters. The zero-order chi connectivity index (χ0) is 30.8. The molecule has 1 aliphatic heterocycles. The summed E-state index contributed by atoms with van der Waals surface area (Å²) >= 11 is 0. The van der Waals surface area contributed by atoms with E-state index in [1.807, 2.05) is 59.8 Å². The predicted octanol–water partition coefficient (Wildman–Crippen LogP) is 5.38. The van der Waals surface area contributed by atoms with Gasteiger partial charge in [0.2, 0.25) is 0 Å². The summed E-state index contributed by atoms with van der Waals surface area (Å²) in [5.41, 5.74) is 7.02. The lowest BCUT2D eigenvalue weighted by atomic mass is 9.92. The second-order valence-electron chi connectivity index (χ2n) is 11.1. The molecule has 0 spiro atoms. The van der Waals surface area contributed by atoms with Gasteiger partial charge in [-0.1, -0.05) is 30.3 Å². The molecule has 0 saturated heterocycles. The number of aromatic hydroxyl groups is 1. The Hall–Kier alpha value is -5.05. The lowest BCUT2D eigenvalue weighted by molar-refractivity contribution is 0.0659. The van der Waals surface area contributed by atoms with Crippen LogP contribution in [0.15, 0.2) is 72.8 Å². The summed E-state index contributed by atoms with van der Waals surface area (Å²) in [6.45, 7) is 4.66. The number of benzene rings is 3. The summed E-state index contributed by atoms with van der Waals surface area (Å²) in [5, 5.41) is 21.1. The van der Waals surface area contributed by atoms with Crippen LogP contribution in [0.25, 0.3) is 11.3 Å². The van der Waals surface area contributed by atoms with Gasteiger partial charge in [0.25, 0.3) is 11.8 Å². The highest BCUT2D eigenvalue weighted by atomic mass is 16.4. The number of nitrogens with zero attached hydrogens (tertiary/aromatic N) is 3. The molecule has 9 heteroatoms. The fourth-order valence-electron chi connectivity index (χ4n) is 5.71. The molecule has 0 unspecified atom stereocenters. The molecule has 0 bridgehead atoms. The van der Waals surface area contributed by atoms with Crippen LogP contribution in [0, 0.1) is 6.92 Å². The number of carbonyl (C=O) groups is 3. The van der Waals surface area contributed by atoms with Crippen molar-refractivity contribution in [1.29, 1.82) is 0 Å². The molecule has 3 N–H and O–H groups in total. The van der Waals surface area contributed by atoms with Crippen molar-refractivity contribution in [3.8, 4) is 17.0 Å². The predicted molar refractivity (Wildman–Crippen MR) is 166 cm³/mol. The van der Waals surface area contributed by atoms with Crippen molar-refractivity contribution in [3.05, 3.63) is 106 Å². The average Bonchev–Trinajstić information content (AvgIpc) is 3.29. The van der Waals surface area contributed by atoms with E-state index in [1.54, 1.807) is 19.2 Å². The molecule has 9 nitrogen and oxygen atoms in total. The Labute approximate surface area is 251 Å². The topological polar surface area (TPSA) is 115 Å². The summed E-state index contributed by atoms with van der Waals surface area (Å²) in [4.78, 5) is 42.3. The molecule has 0 radical (unpaired) electrons. The third kappa shape index (κ3) is 5.97. The van der Waals surface area contributed by atoms with Crippen LogP contribution in [0.1, 0.15) is 50.0 Å². The second-order valence-corrected chi connectivity index (χ2v) is 11.1. The van der Waals surface area contributed by atoms with Gasteiger partial charge in [0.05, 0.1) is 5.56 Å². The third-order valence-corrected chi connectivity index (χ3v) is 8.35. The van der Waals surface area contributed by atoms with E-state index in [0.717, 1.165) is 23.2 Å². The summed E-state index contributed by atoms with van der Waals surface area (Å²) in [6, 6.07) is 22.0. The molecule has 0 aliphatic carbocycles. The molecule has 0 fully saturated rings. The maximum absolute atomic E-state index is 14.2. The molecule has 1 aliphatic rings. The zero-order valence-electron chi connectivity index (χ0n) is 24.8. The van der Waals surface area contributed by atoms with Crippen LogP contribution in [0.5, 0.6) is 5.75 Å². The van der Waals surface area contributed by atoms with Crippen LogP contribution in [0.4, 0.5) is 10.5 Å². The standard InChI is InChI=1S/C34H36N4O5/c1-21-17-24-7-5-6-8-25(24)20-38(21)33(41)28-14-9-23(15-16-35-34(42)43)18-30(28)31-19-29(22(2)36(31)3)32(40)37(4)26-10-12-27(39)13-11-26/h5-14,18-19,21,35,39H,15-17,20H2,1-4H3,(H,42,43)/t21-/m1/s1. The quantitative estimate of drug-likeness (QED) is 0.272. The van der Waals surface area contributed by atoms with Crippen molar-refractivity contribution in [2.24, 2.45) is 7.05 Å². The molecule has 0 saturated carbocycles. The normalized spacial score (nSPS) is 14.2. The van der Waals surface area contributed by atoms with Crippen molar-refractivity contribution in [1.82, 2.24) is 14.8 Å². The van der Waals surface area contributed by atoms with Gasteiger partial charge < -0.3 is 29.9 Å². The number of hydrogen-bond acceptors (Lipinski definition) is 4. The number of anilines is 1. The smallest absolute Gasteiger partial charge is 0.404 e. The van der Waals surface area contributed by atoms with E-state index in [0.29, 0.717) is 41.0 Å². The number of rotatable bonds is 7. The van der Waals surface area contributed by atoms with E-state index in [9.17, 15) is 19.5 Å². The first-order chi connectivity index (χ1) is 20.5. The average molecular weight is 581 g/mol. The number of aromatic nitrogens is 1. The molecule has 1 aromatic heterocycles. The Morgan fingerprint density at radius 1 is 0.977 bits per heavy atom. The van der Waals surface area contributed by atoms with E-state index in [2.05, 4.69) is 24.4 Å². The molecule has 3 amide bonds. The molecule has 43 heavy (non-hydrogen) atoms. The van der Waals surface area contributed by atoms with E-state index in [-0.39, 0.29) is 30.2 Å². The van der Waals surface area contributed by atoms with Crippen molar-refractivity contribution < 1.29 is 24.6 Å². The van der Waals surface area contributed by atoms with Gasteiger partial charge in [0.15, 0.2) is 0 Å². The van der Waals surface area contributed by atoms with Crippen molar-refractivity contribution in [2.75, 3.05) is 18.5 Å². The van der Waals surface area contributed by atoms with Crippen molar-refractivity contribution >= 4 is 23.6 Å². The highest BCUT2D eigenvalue weighted by Crippen LogP contribution is 2.33. The molecule has 5 rings (SSSR count). The van der Waals surface area contributed by atoms with E-state index < -0.39 is 6.09 Å². The van der Waals surface area contributed by atoms with Crippen LogP contribution in [0.2, 0.25) is 0 Å². The van der Waals surface area contributed by atoms with Gasteiger partial charge in [-0.15, -0.1) is 0 Å². The largest absolute Gasteiger partial charge is 0.508 e. The Morgan fingerprint density at radius 2 is 1.67 bits per heavy atom. The van der Waals surface area contributed by atoms with Crippen LogP contribution >= 0.6 is 0 Å². The van der Waals surface area contributed by atoms with Gasteiger partial charge in [-0.3, -0.25) is 9.59 Å². The summed E-state index contributed by atoms with van der Waals surface area (Å²) in [7, 11) is 3.55. The number of phenolic OH excluding ortho intramolecular Hbond substituents is 1. The van der Waals surface area contributed by atoms with E-state index >= 15 is 0 Å². The number of carboxylic acid groups (broad SMARTS) is 1. The van der Waals surface area contributed by atoms with Gasteiger partial charge in [0.1, 0.15) is 5.75 Å². The lowest BCUT2D eigenvalue weighted by Crippen LogP contribution is -2.42. The van der Waals surface area contributed by atoms with Gasteiger partial charge in [-0.25, -0.2) is 4.79 Å². The zero-order valence-corrected chi connectivity index (χ0v) is 24.8. The number of amides is 3. The monoisotopic (exact) mass is 580 g/mol. The summed E-state index contributed by atoms with van der Waals surface area (Å²) < 4.78 is 1.91. The Morgan fingerprint density at radius 3 is 2.37 bits per heavy atom. The molecule has 2 heterocycles.